The van der Waals surface area contributed by atoms with Gasteiger partial charge in [0.1, 0.15) is 11.1 Å². The maximum atomic E-state index is 12.8. The Bertz CT molecular complexity index is 778. The highest BCUT2D eigenvalue weighted by Crippen LogP contribution is 2.25. The van der Waals surface area contributed by atoms with E-state index in [9.17, 15) is 14.0 Å². The molecule has 0 bridgehead atoms. The number of carbonyl (C=O) groups is 2. The van der Waals surface area contributed by atoms with Crippen LogP contribution < -0.4 is 10.6 Å². The van der Waals surface area contributed by atoms with Gasteiger partial charge in [-0.3, -0.25) is 9.59 Å². The average Bonchev–Trinajstić information content (AvgIpc) is 2.90. The Kier molecular flexibility index (Phi) is 4.90. The van der Waals surface area contributed by atoms with Crippen molar-refractivity contribution in [2.75, 3.05) is 5.32 Å². The van der Waals surface area contributed by atoms with E-state index in [-0.39, 0.29) is 24.1 Å². The Labute approximate surface area is 142 Å². The molecule has 1 heterocycles. The van der Waals surface area contributed by atoms with Crippen molar-refractivity contribution in [2.45, 2.75) is 11.7 Å². The Hall–Kier alpha value is -2.67. The molecule has 1 aliphatic rings. The molecule has 2 amide bonds. The third kappa shape index (κ3) is 4.20. The van der Waals surface area contributed by atoms with Crippen LogP contribution >= 0.6 is 11.8 Å². The summed E-state index contributed by atoms with van der Waals surface area (Å²) in [4.78, 5) is 28.3. The fourth-order valence-electron chi connectivity index (χ4n) is 2.13. The lowest BCUT2D eigenvalue weighted by Gasteiger charge is -2.07. The molecular formula is C17H14FN3O2S. The molecule has 3 rings (SSSR count). The second-order valence-electron chi connectivity index (χ2n) is 5.11. The Morgan fingerprint density at radius 1 is 1.17 bits per heavy atom. The number of benzene rings is 2. The van der Waals surface area contributed by atoms with Gasteiger partial charge < -0.3 is 10.6 Å². The number of amidine groups is 1. The molecule has 1 atom stereocenters. The number of amides is 2. The van der Waals surface area contributed by atoms with Gasteiger partial charge in [-0.05, 0) is 36.4 Å². The lowest BCUT2D eigenvalue weighted by molar-refractivity contribution is -0.122. The smallest absolute Gasteiger partial charge is 0.240 e. The summed E-state index contributed by atoms with van der Waals surface area (Å²) in [7, 11) is 0. The minimum atomic E-state index is -0.534. The second-order valence-corrected chi connectivity index (χ2v) is 6.30. The molecule has 1 aliphatic heterocycles. The first-order valence-corrected chi connectivity index (χ1v) is 8.15. The van der Waals surface area contributed by atoms with E-state index in [0.717, 1.165) is 5.69 Å². The summed E-state index contributed by atoms with van der Waals surface area (Å²) in [6.45, 7) is 0. The Morgan fingerprint density at radius 3 is 2.58 bits per heavy atom. The van der Waals surface area contributed by atoms with E-state index >= 15 is 0 Å². The highest BCUT2D eigenvalue weighted by molar-refractivity contribution is 8.15. The first kappa shape index (κ1) is 16.2. The Balaban J connectivity index is 1.59. The number of anilines is 1. The Morgan fingerprint density at radius 2 is 1.88 bits per heavy atom. The van der Waals surface area contributed by atoms with Crippen molar-refractivity contribution in [1.82, 2.24) is 5.32 Å². The molecule has 24 heavy (non-hydrogen) atoms. The van der Waals surface area contributed by atoms with Gasteiger partial charge >= 0.3 is 0 Å². The van der Waals surface area contributed by atoms with Gasteiger partial charge in [0.2, 0.25) is 11.8 Å². The number of hydrogen-bond acceptors (Lipinski definition) is 4. The second kappa shape index (κ2) is 7.27. The number of halogens is 1. The minimum absolute atomic E-state index is 0.0156. The van der Waals surface area contributed by atoms with Crippen LogP contribution in [0.4, 0.5) is 15.8 Å². The maximum absolute atomic E-state index is 12.8. The molecule has 1 fully saturated rings. The zero-order valence-corrected chi connectivity index (χ0v) is 13.3. The maximum Gasteiger partial charge on any atom is 0.240 e. The van der Waals surface area contributed by atoms with Crippen molar-refractivity contribution >= 4 is 40.1 Å². The van der Waals surface area contributed by atoms with Crippen LogP contribution in [0, 0.1) is 5.82 Å². The van der Waals surface area contributed by atoms with E-state index in [0.29, 0.717) is 10.9 Å². The van der Waals surface area contributed by atoms with Crippen LogP contribution in [0.2, 0.25) is 0 Å². The monoisotopic (exact) mass is 343 g/mol. The largest absolute Gasteiger partial charge is 0.326 e. The van der Waals surface area contributed by atoms with Crippen molar-refractivity contribution < 1.29 is 14.0 Å². The van der Waals surface area contributed by atoms with E-state index < -0.39 is 5.25 Å². The lowest BCUT2D eigenvalue weighted by Crippen LogP contribution is -2.28. The number of thioether (sulfide) groups is 1. The fourth-order valence-corrected chi connectivity index (χ4v) is 3.11. The molecule has 0 aliphatic carbocycles. The summed E-state index contributed by atoms with van der Waals surface area (Å²) < 4.78 is 12.8. The van der Waals surface area contributed by atoms with E-state index in [2.05, 4.69) is 15.6 Å². The van der Waals surface area contributed by atoms with Crippen LogP contribution in [0.5, 0.6) is 0 Å². The van der Waals surface area contributed by atoms with Gasteiger partial charge in [0.05, 0.1) is 5.69 Å². The number of para-hydroxylation sites is 1. The van der Waals surface area contributed by atoms with Crippen LogP contribution in [0.15, 0.2) is 59.6 Å². The summed E-state index contributed by atoms with van der Waals surface area (Å²) in [6.07, 6.45) is 0.0156. The summed E-state index contributed by atoms with van der Waals surface area (Å²) in [5.41, 5.74) is 1.22. The summed E-state index contributed by atoms with van der Waals surface area (Å²) in [6, 6.07) is 14.7. The lowest BCUT2D eigenvalue weighted by atomic mass is 10.2. The molecule has 0 saturated carbocycles. The fraction of sp³-hybridized carbons (Fsp3) is 0.118. The summed E-state index contributed by atoms with van der Waals surface area (Å²) in [5, 5.41) is 5.26. The molecule has 7 heteroatoms. The van der Waals surface area contributed by atoms with Crippen molar-refractivity contribution in [1.29, 1.82) is 0 Å². The molecule has 122 valence electrons. The van der Waals surface area contributed by atoms with E-state index in [1.807, 2.05) is 30.3 Å². The van der Waals surface area contributed by atoms with Gasteiger partial charge in [-0.2, -0.15) is 0 Å². The van der Waals surface area contributed by atoms with Crippen LogP contribution in [-0.2, 0) is 9.59 Å². The summed E-state index contributed by atoms with van der Waals surface area (Å²) in [5.74, 6) is -0.931. The molecular weight excluding hydrogens is 329 g/mol. The van der Waals surface area contributed by atoms with Gasteiger partial charge in [0, 0.05) is 12.1 Å². The van der Waals surface area contributed by atoms with Gasteiger partial charge in [-0.25, -0.2) is 9.38 Å². The number of rotatable bonds is 4. The molecule has 0 unspecified atom stereocenters. The first-order chi connectivity index (χ1) is 11.6. The van der Waals surface area contributed by atoms with Crippen LogP contribution in [0.1, 0.15) is 6.42 Å². The molecule has 2 aromatic rings. The predicted molar refractivity (Wildman–Crippen MR) is 92.7 cm³/mol. The zero-order valence-electron chi connectivity index (χ0n) is 12.5. The van der Waals surface area contributed by atoms with Crippen molar-refractivity contribution in [3.63, 3.8) is 0 Å². The SMILES string of the molecule is O=C(C[C@H]1SC(=Nc2ccccc2)NC1=O)Nc1ccc(F)cc1. The normalized spacial score (nSPS) is 18.5. The minimum Gasteiger partial charge on any atom is -0.326 e. The van der Waals surface area contributed by atoms with E-state index in [4.69, 9.17) is 0 Å². The number of aliphatic imine (C=N–C) groups is 1. The molecule has 0 radical (unpaired) electrons. The highest BCUT2D eigenvalue weighted by Gasteiger charge is 2.32. The molecule has 2 aromatic carbocycles. The van der Waals surface area contributed by atoms with Crippen molar-refractivity contribution in [2.24, 2.45) is 4.99 Å². The number of hydrogen-bond donors (Lipinski definition) is 2. The van der Waals surface area contributed by atoms with Crippen LogP contribution in [0.25, 0.3) is 0 Å². The molecule has 0 spiro atoms. The summed E-state index contributed by atoms with van der Waals surface area (Å²) >= 11 is 1.22. The van der Waals surface area contributed by atoms with Crippen molar-refractivity contribution in [3.05, 3.63) is 60.4 Å². The van der Waals surface area contributed by atoms with E-state index in [1.165, 1.54) is 36.0 Å². The van der Waals surface area contributed by atoms with Crippen LogP contribution in [-0.4, -0.2) is 22.2 Å². The molecule has 2 N–H and O–H groups in total. The highest BCUT2D eigenvalue weighted by atomic mass is 32.2. The van der Waals surface area contributed by atoms with Crippen molar-refractivity contribution in [3.8, 4) is 0 Å². The number of carbonyl (C=O) groups excluding carboxylic acids is 2. The van der Waals surface area contributed by atoms with Gasteiger partial charge in [0.15, 0.2) is 5.17 Å². The third-order valence-corrected chi connectivity index (χ3v) is 4.34. The number of nitrogens with zero attached hydrogens (tertiary/aromatic N) is 1. The first-order valence-electron chi connectivity index (χ1n) is 7.27. The molecule has 5 nitrogen and oxygen atoms in total. The topological polar surface area (TPSA) is 70.6 Å². The molecule has 1 saturated heterocycles. The molecule has 0 aromatic heterocycles. The van der Waals surface area contributed by atoms with E-state index in [1.54, 1.807) is 0 Å². The zero-order chi connectivity index (χ0) is 16.9. The average molecular weight is 343 g/mol. The quantitative estimate of drug-likeness (QED) is 0.896. The third-order valence-electron chi connectivity index (χ3n) is 3.26. The predicted octanol–water partition coefficient (Wildman–Crippen LogP) is 3.07. The van der Waals surface area contributed by atoms with Gasteiger partial charge in [-0.1, -0.05) is 30.0 Å². The van der Waals surface area contributed by atoms with Gasteiger partial charge in [0.25, 0.3) is 0 Å². The standard InChI is InChI=1S/C17H14FN3O2S/c18-11-6-8-13(9-7-11)19-15(22)10-14-16(23)21-17(24-14)20-12-4-2-1-3-5-12/h1-9,14H,10H2,(H,19,22)(H,20,21,23)/t14-/m1/s1. The number of nitrogens with one attached hydrogen (secondary N) is 2. The van der Waals surface area contributed by atoms with Crippen LogP contribution in [0.3, 0.4) is 0 Å². The van der Waals surface area contributed by atoms with Gasteiger partial charge in [-0.15, -0.1) is 0 Å².